The van der Waals surface area contributed by atoms with Gasteiger partial charge in [0, 0.05) is 36.4 Å². The molecule has 3 heteroatoms. The summed E-state index contributed by atoms with van der Waals surface area (Å²) < 4.78 is 0. The Hall–Kier alpha value is -1.74. The third-order valence-electron chi connectivity index (χ3n) is 2.41. The summed E-state index contributed by atoms with van der Waals surface area (Å²) in [7, 11) is 0. The first kappa shape index (κ1) is 11.3. The van der Waals surface area contributed by atoms with Crippen molar-refractivity contribution in [3.63, 3.8) is 0 Å². The minimum Gasteiger partial charge on any atom is -0.355 e. The largest absolute Gasteiger partial charge is 0.355 e. The Morgan fingerprint density at radius 2 is 1.07 bits per heavy atom. The van der Waals surface area contributed by atoms with Crippen molar-refractivity contribution in [2.75, 3.05) is 0 Å². The molecule has 0 aliphatic heterocycles. The summed E-state index contributed by atoms with van der Waals surface area (Å²) in [6.07, 6.45) is 0. The monoisotopic (exact) mass is 192 g/mol. The van der Waals surface area contributed by atoms with E-state index in [2.05, 4.69) is 53.5 Å². The first-order valence-electron chi connectivity index (χ1n) is 4.40. The number of H-pyrrole nitrogens is 1. The predicted octanol–water partition coefficient (Wildman–Crippen LogP) is 2.46. The van der Waals surface area contributed by atoms with Gasteiger partial charge in [-0.15, -0.1) is 0 Å². The molecule has 0 unspecified atom stereocenters. The first-order valence-corrected chi connectivity index (χ1v) is 4.40. The Kier molecular flexibility index (Phi) is 3.17. The van der Waals surface area contributed by atoms with Gasteiger partial charge in [0.25, 0.3) is 0 Å². The number of hydrogen-bond acceptors (Lipinski definition) is 0. The van der Waals surface area contributed by atoms with Crippen LogP contribution in [0.2, 0.25) is 0 Å². The Morgan fingerprint density at radius 3 is 1.53 bits per heavy atom. The van der Waals surface area contributed by atoms with Crippen LogP contribution >= 0.6 is 0 Å². The third-order valence-corrected chi connectivity index (χ3v) is 2.41. The summed E-state index contributed by atoms with van der Waals surface area (Å²) in [5.41, 5.74) is 2.42. The van der Waals surface area contributed by atoms with Crippen molar-refractivity contribution in [2.24, 2.45) is 0 Å². The van der Waals surface area contributed by atoms with Crippen molar-refractivity contribution in [1.82, 2.24) is 11.1 Å². The molecule has 0 saturated carbocycles. The molecule has 1 aromatic heterocycles. The SMILES string of the molecule is [B].[N].c1ccc2c(c1)[nH]c1ccccc12. The molecule has 2 aromatic carbocycles. The molecule has 6 radical (unpaired) electrons. The molecule has 0 bridgehead atoms. The van der Waals surface area contributed by atoms with E-state index in [1.807, 2.05) is 0 Å². The zero-order chi connectivity index (χ0) is 8.67. The van der Waals surface area contributed by atoms with Gasteiger partial charge in [0.05, 0.1) is 0 Å². The van der Waals surface area contributed by atoms with Crippen molar-refractivity contribution >= 4 is 30.2 Å². The highest BCUT2D eigenvalue weighted by molar-refractivity contribution is 6.06. The fourth-order valence-electron chi connectivity index (χ4n) is 1.80. The maximum Gasteiger partial charge on any atom is 0.0464 e. The maximum absolute atomic E-state index is 3.38. The highest BCUT2D eigenvalue weighted by Gasteiger charge is 2.00. The molecule has 1 heterocycles. The molecule has 0 aliphatic carbocycles. The minimum absolute atomic E-state index is 0. The number of aromatic amines is 1. The predicted molar refractivity (Wildman–Crippen MR) is 63.7 cm³/mol. The van der Waals surface area contributed by atoms with Crippen LogP contribution in [0.1, 0.15) is 0 Å². The summed E-state index contributed by atoms with van der Waals surface area (Å²) in [6, 6.07) is 16.8. The highest BCUT2D eigenvalue weighted by atomic mass is 14.7. The van der Waals surface area contributed by atoms with Gasteiger partial charge < -0.3 is 4.98 Å². The second kappa shape index (κ2) is 4.19. The summed E-state index contributed by atoms with van der Waals surface area (Å²) in [5, 5.41) is 2.61. The van der Waals surface area contributed by atoms with E-state index < -0.39 is 0 Å². The van der Waals surface area contributed by atoms with Crippen LogP contribution in [-0.4, -0.2) is 13.4 Å². The van der Waals surface area contributed by atoms with Crippen molar-refractivity contribution < 1.29 is 0 Å². The quantitative estimate of drug-likeness (QED) is 0.532. The average molecular weight is 192 g/mol. The van der Waals surface area contributed by atoms with Crippen LogP contribution in [0.4, 0.5) is 0 Å². The van der Waals surface area contributed by atoms with Crippen molar-refractivity contribution in [2.45, 2.75) is 0 Å². The molecule has 0 fully saturated rings. The van der Waals surface area contributed by atoms with E-state index >= 15 is 0 Å². The first-order chi connectivity index (χ1) is 6.45. The zero-order valence-electron chi connectivity index (χ0n) is 8.14. The standard InChI is InChI=1S/C12H9N.B.N/c1-3-7-11-9(5-1)10-6-2-4-8-12(10)13-11;;/h1-8,13H;;. The van der Waals surface area contributed by atoms with Crippen LogP contribution in [0.15, 0.2) is 48.5 Å². The number of rotatable bonds is 0. The van der Waals surface area contributed by atoms with Gasteiger partial charge in [-0.3, -0.25) is 0 Å². The van der Waals surface area contributed by atoms with Gasteiger partial charge in [0.15, 0.2) is 0 Å². The molecule has 15 heavy (non-hydrogen) atoms. The van der Waals surface area contributed by atoms with Crippen LogP contribution < -0.4 is 6.15 Å². The molecule has 0 atom stereocenters. The van der Waals surface area contributed by atoms with Gasteiger partial charge in [-0.1, -0.05) is 36.4 Å². The molecule has 2 nitrogen and oxygen atoms in total. The lowest BCUT2D eigenvalue weighted by molar-refractivity contribution is 1.55. The van der Waals surface area contributed by atoms with E-state index in [0.29, 0.717) is 0 Å². The van der Waals surface area contributed by atoms with E-state index in [-0.39, 0.29) is 14.6 Å². The number of hydrogen-bond donors (Lipinski definition) is 1. The summed E-state index contributed by atoms with van der Waals surface area (Å²) in [6.45, 7) is 0. The number of nitrogens with one attached hydrogen (secondary N) is 1. The van der Waals surface area contributed by atoms with E-state index in [4.69, 9.17) is 0 Å². The average Bonchev–Trinajstić information content (AvgIpc) is 2.56. The normalized spacial score (nSPS) is 9.60. The Labute approximate surface area is 90.5 Å². The lowest BCUT2D eigenvalue weighted by atomic mass is 10.2. The summed E-state index contributed by atoms with van der Waals surface area (Å²) in [5.74, 6) is 0. The van der Waals surface area contributed by atoms with Gasteiger partial charge in [-0.2, -0.15) is 0 Å². The van der Waals surface area contributed by atoms with Crippen molar-refractivity contribution in [1.29, 1.82) is 0 Å². The second-order valence-corrected chi connectivity index (χ2v) is 3.22. The van der Waals surface area contributed by atoms with Crippen molar-refractivity contribution in [3.8, 4) is 0 Å². The smallest absolute Gasteiger partial charge is 0.0464 e. The van der Waals surface area contributed by atoms with Crippen LogP contribution in [-0.2, 0) is 0 Å². The van der Waals surface area contributed by atoms with E-state index in [1.165, 1.54) is 21.8 Å². The molecular formula is C12H9BN2. The molecule has 0 aliphatic rings. The Morgan fingerprint density at radius 1 is 0.667 bits per heavy atom. The number of aromatic nitrogens is 1. The third kappa shape index (κ3) is 1.62. The topological polar surface area (TPSA) is 46.3 Å². The van der Waals surface area contributed by atoms with Gasteiger partial charge in [0.1, 0.15) is 0 Å². The van der Waals surface area contributed by atoms with Crippen LogP contribution in [0.5, 0.6) is 0 Å². The van der Waals surface area contributed by atoms with Crippen LogP contribution in [0.25, 0.3) is 21.8 Å². The van der Waals surface area contributed by atoms with Gasteiger partial charge in [-0.05, 0) is 12.1 Å². The number of fused-ring (bicyclic) bond motifs is 3. The van der Waals surface area contributed by atoms with Gasteiger partial charge >= 0.3 is 0 Å². The summed E-state index contributed by atoms with van der Waals surface area (Å²) >= 11 is 0. The molecule has 0 saturated heterocycles. The van der Waals surface area contributed by atoms with E-state index in [1.54, 1.807) is 0 Å². The van der Waals surface area contributed by atoms with E-state index in [9.17, 15) is 0 Å². The van der Waals surface area contributed by atoms with Gasteiger partial charge in [0.2, 0.25) is 0 Å². The second-order valence-electron chi connectivity index (χ2n) is 3.22. The van der Waals surface area contributed by atoms with Gasteiger partial charge in [-0.25, -0.2) is 0 Å². The molecule has 70 valence electrons. The fraction of sp³-hybridized carbons (Fsp3) is 0. The van der Waals surface area contributed by atoms with E-state index in [0.717, 1.165) is 0 Å². The molecule has 0 amide bonds. The highest BCUT2D eigenvalue weighted by Crippen LogP contribution is 2.24. The van der Waals surface area contributed by atoms with Crippen molar-refractivity contribution in [3.05, 3.63) is 48.5 Å². The molecule has 0 spiro atoms. The van der Waals surface area contributed by atoms with Crippen LogP contribution in [0, 0.1) is 0 Å². The van der Waals surface area contributed by atoms with Crippen LogP contribution in [0.3, 0.4) is 0 Å². The molecular weight excluding hydrogens is 183 g/mol. The Bertz CT molecular complexity index is 521. The fourth-order valence-corrected chi connectivity index (χ4v) is 1.80. The number of benzene rings is 2. The number of para-hydroxylation sites is 2. The molecule has 3 aromatic rings. The molecule has 1 N–H and O–H groups in total. The zero-order valence-corrected chi connectivity index (χ0v) is 8.14. The molecule has 3 rings (SSSR count). The maximum atomic E-state index is 3.38. The number of nitrogens with zero attached hydrogens (tertiary/aromatic N) is 1. The lowest BCUT2D eigenvalue weighted by Crippen LogP contribution is -1.62. The summed E-state index contributed by atoms with van der Waals surface area (Å²) in [4.78, 5) is 3.38. The minimum atomic E-state index is 0. The lowest BCUT2D eigenvalue weighted by Gasteiger charge is -1.87. The Balaban J connectivity index is 0.000000562.